The minimum atomic E-state index is -0.822. The van der Waals surface area contributed by atoms with E-state index in [1.165, 1.54) is 24.6 Å². The number of carboxylic acid groups (broad SMARTS) is 1. The van der Waals surface area contributed by atoms with Crippen LogP contribution in [0, 0.1) is 0 Å². The summed E-state index contributed by atoms with van der Waals surface area (Å²) in [6.45, 7) is 0. The van der Waals surface area contributed by atoms with Crippen molar-refractivity contribution in [3.8, 4) is 5.75 Å². The molecule has 0 radical (unpaired) electrons. The summed E-state index contributed by atoms with van der Waals surface area (Å²) in [4.78, 5) is 15.5. The summed E-state index contributed by atoms with van der Waals surface area (Å²) < 4.78 is 7.59. The molecule has 0 saturated heterocycles. The zero-order valence-electron chi connectivity index (χ0n) is 11.9. The van der Waals surface area contributed by atoms with E-state index in [9.17, 15) is 4.79 Å². The fourth-order valence-corrected chi connectivity index (χ4v) is 3.77. The van der Waals surface area contributed by atoms with Crippen LogP contribution in [0.1, 0.15) is 31.7 Å². The van der Waals surface area contributed by atoms with Crippen molar-refractivity contribution in [3.05, 3.63) is 18.2 Å². The van der Waals surface area contributed by atoms with Gasteiger partial charge >= 0.3 is 5.97 Å². The van der Waals surface area contributed by atoms with Crippen LogP contribution in [0.25, 0.3) is 11.0 Å². The van der Waals surface area contributed by atoms with Gasteiger partial charge in [0.1, 0.15) is 11.3 Å². The molecule has 0 atom stereocenters. The summed E-state index contributed by atoms with van der Waals surface area (Å²) in [6, 6.07) is 6.30. The van der Waals surface area contributed by atoms with Crippen LogP contribution in [0.2, 0.25) is 0 Å². The first-order valence-corrected chi connectivity index (χ1v) is 8.09. The molecule has 1 saturated carbocycles. The molecule has 2 aromatic rings. The fourth-order valence-electron chi connectivity index (χ4n) is 2.98. The van der Waals surface area contributed by atoms with Gasteiger partial charge in [-0.1, -0.05) is 30.7 Å². The second-order valence-electron chi connectivity index (χ2n) is 5.21. The number of hydrogen-bond acceptors (Lipinski definition) is 4. The van der Waals surface area contributed by atoms with E-state index in [-0.39, 0.29) is 5.75 Å². The summed E-state index contributed by atoms with van der Waals surface area (Å²) in [6.07, 6.45) is 4.70. The molecule has 0 spiro atoms. The molecule has 5 nitrogen and oxygen atoms in total. The maximum absolute atomic E-state index is 10.9. The molecule has 1 aliphatic carbocycles. The lowest BCUT2D eigenvalue weighted by Gasteiger charge is -2.15. The van der Waals surface area contributed by atoms with Gasteiger partial charge in [-0.05, 0) is 25.0 Å². The van der Waals surface area contributed by atoms with Crippen LogP contribution in [-0.2, 0) is 4.79 Å². The zero-order valence-corrected chi connectivity index (χ0v) is 12.7. The first-order chi connectivity index (χ1) is 10.2. The number of thioether (sulfide) groups is 1. The van der Waals surface area contributed by atoms with E-state index in [1.807, 2.05) is 18.2 Å². The number of aliphatic carboxylic acids is 1. The Morgan fingerprint density at radius 2 is 2.24 bits per heavy atom. The topological polar surface area (TPSA) is 64.3 Å². The standard InChI is InChI=1S/C15H18N2O3S/c1-20-12-8-4-7-11-14(12)16-15(21-9-13(18)19)17(11)10-5-2-3-6-10/h4,7-8,10H,2-3,5-6,9H2,1H3,(H,18,19). The lowest BCUT2D eigenvalue weighted by atomic mass is 10.2. The SMILES string of the molecule is COc1cccc2c1nc(SCC(=O)O)n2C1CCCC1. The zero-order chi connectivity index (χ0) is 14.8. The van der Waals surface area contributed by atoms with Gasteiger partial charge in [0.25, 0.3) is 0 Å². The van der Waals surface area contributed by atoms with E-state index < -0.39 is 5.97 Å². The average Bonchev–Trinajstić information content (AvgIpc) is 3.10. The molecule has 3 rings (SSSR count). The number of rotatable bonds is 5. The normalized spacial score (nSPS) is 15.7. The monoisotopic (exact) mass is 306 g/mol. The van der Waals surface area contributed by atoms with Crippen LogP contribution < -0.4 is 4.74 Å². The van der Waals surface area contributed by atoms with Crippen molar-refractivity contribution < 1.29 is 14.6 Å². The fraction of sp³-hybridized carbons (Fsp3) is 0.467. The Balaban J connectivity index is 2.09. The van der Waals surface area contributed by atoms with Crippen LogP contribution >= 0.6 is 11.8 Å². The number of imidazole rings is 1. The van der Waals surface area contributed by atoms with E-state index in [4.69, 9.17) is 9.84 Å². The second-order valence-corrected chi connectivity index (χ2v) is 6.16. The first kappa shape index (κ1) is 14.3. The molecule has 21 heavy (non-hydrogen) atoms. The summed E-state index contributed by atoms with van der Waals surface area (Å²) in [5.74, 6) is -0.0587. The summed E-state index contributed by atoms with van der Waals surface area (Å²) in [5.41, 5.74) is 1.86. The largest absolute Gasteiger partial charge is 0.494 e. The highest BCUT2D eigenvalue weighted by molar-refractivity contribution is 7.99. The maximum Gasteiger partial charge on any atom is 0.313 e. The van der Waals surface area contributed by atoms with Crippen LogP contribution in [0.4, 0.5) is 0 Å². The number of nitrogens with zero attached hydrogens (tertiary/aromatic N) is 2. The summed E-state index contributed by atoms with van der Waals surface area (Å²) >= 11 is 1.28. The van der Waals surface area contributed by atoms with Gasteiger partial charge in [0, 0.05) is 6.04 Å². The molecule has 1 N–H and O–H groups in total. The Labute approximate surface area is 127 Å². The van der Waals surface area contributed by atoms with Crippen molar-refractivity contribution in [2.75, 3.05) is 12.9 Å². The van der Waals surface area contributed by atoms with Crippen molar-refractivity contribution in [1.82, 2.24) is 9.55 Å². The van der Waals surface area contributed by atoms with E-state index in [0.717, 1.165) is 34.8 Å². The van der Waals surface area contributed by atoms with Crippen LogP contribution in [0.15, 0.2) is 23.4 Å². The molecule has 0 bridgehead atoms. The number of para-hydroxylation sites is 1. The molecular weight excluding hydrogens is 288 g/mol. The highest BCUT2D eigenvalue weighted by Gasteiger charge is 2.24. The van der Waals surface area contributed by atoms with Crippen LogP contribution in [0.5, 0.6) is 5.75 Å². The molecular formula is C15H18N2O3S. The van der Waals surface area contributed by atoms with Gasteiger partial charge in [-0.3, -0.25) is 4.79 Å². The lowest BCUT2D eigenvalue weighted by molar-refractivity contribution is -0.133. The van der Waals surface area contributed by atoms with Gasteiger partial charge in [-0.25, -0.2) is 4.98 Å². The Morgan fingerprint density at radius 3 is 2.90 bits per heavy atom. The van der Waals surface area contributed by atoms with Crippen molar-refractivity contribution in [2.45, 2.75) is 36.9 Å². The Hall–Kier alpha value is -1.69. The third-order valence-electron chi connectivity index (χ3n) is 3.89. The quantitative estimate of drug-likeness (QED) is 0.858. The predicted molar refractivity (Wildman–Crippen MR) is 82.1 cm³/mol. The van der Waals surface area contributed by atoms with Crippen molar-refractivity contribution in [3.63, 3.8) is 0 Å². The molecule has 1 aromatic heterocycles. The third-order valence-corrected chi connectivity index (χ3v) is 4.82. The Morgan fingerprint density at radius 1 is 1.48 bits per heavy atom. The molecule has 112 valence electrons. The Kier molecular flexibility index (Phi) is 4.05. The summed E-state index contributed by atoms with van der Waals surface area (Å²) in [7, 11) is 1.63. The van der Waals surface area contributed by atoms with Gasteiger partial charge in [0.05, 0.1) is 18.4 Å². The van der Waals surface area contributed by atoms with Crippen molar-refractivity contribution in [2.24, 2.45) is 0 Å². The van der Waals surface area contributed by atoms with Crippen molar-refractivity contribution in [1.29, 1.82) is 0 Å². The smallest absolute Gasteiger partial charge is 0.313 e. The number of hydrogen-bond donors (Lipinski definition) is 1. The number of benzene rings is 1. The van der Waals surface area contributed by atoms with Gasteiger partial charge in [-0.2, -0.15) is 0 Å². The summed E-state index contributed by atoms with van der Waals surface area (Å²) in [5, 5.41) is 9.71. The highest BCUT2D eigenvalue weighted by Crippen LogP contribution is 2.38. The molecule has 1 fully saturated rings. The minimum Gasteiger partial charge on any atom is -0.494 e. The molecule has 1 aliphatic rings. The van der Waals surface area contributed by atoms with Gasteiger partial charge in [0.15, 0.2) is 5.16 Å². The first-order valence-electron chi connectivity index (χ1n) is 7.10. The lowest BCUT2D eigenvalue weighted by Crippen LogP contribution is -2.07. The van der Waals surface area contributed by atoms with Gasteiger partial charge in [0.2, 0.25) is 0 Å². The van der Waals surface area contributed by atoms with E-state index in [0.29, 0.717) is 6.04 Å². The molecule has 6 heteroatoms. The molecule has 1 heterocycles. The second kappa shape index (κ2) is 5.97. The van der Waals surface area contributed by atoms with Crippen molar-refractivity contribution >= 4 is 28.8 Å². The maximum atomic E-state index is 10.9. The number of carbonyl (C=O) groups is 1. The number of carboxylic acids is 1. The minimum absolute atomic E-state index is 0.0261. The Bertz CT molecular complexity index is 662. The molecule has 0 unspecified atom stereocenters. The van der Waals surface area contributed by atoms with Gasteiger partial charge < -0.3 is 14.4 Å². The van der Waals surface area contributed by atoms with Crippen LogP contribution in [-0.4, -0.2) is 33.5 Å². The van der Waals surface area contributed by atoms with Crippen LogP contribution in [0.3, 0.4) is 0 Å². The predicted octanol–water partition coefficient (Wildman–Crippen LogP) is 3.34. The molecule has 0 amide bonds. The highest BCUT2D eigenvalue weighted by atomic mass is 32.2. The van der Waals surface area contributed by atoms with E-state index in [2.05, 4.69) is 9.55 Å². The number of aromatic nitrogens is 2. The third kappa shape index (κ3) is 2.72. The number of fused-ring (bicyclic) bond motifs is 1. The molecule has 0 aliphatic heterocycles. The van der Waals surface area contributed by atoms with E-state index in [1.54, 1.807) is 7.11 Å². The average molecular weight is 306 g/mol. The number of ether oxygens (including phenoxy) is 1. The van der Waals surface area contributed by atoms with E-state index >= 15 is 0 Å². The number of methoxy groups -OCH3 is 1. The molecule has 1 aromatic carbocycles. The van der Waals surface area contributed by atoms with Gasteiger partial charge in [-0.15, -0.1) is 0 Å².